The predicted octanol–water partition coefficient (Wildman–Crippen LogP) is 1.36. The number of aromatic nitrogens is 4. The molecule has 8 heteroatoms. The highest BCUT2D eigenvalue weighted by atomic mass is 16.1. The van der Waals surface area contributed by atoms with Gasteiger partial charge < -0.3 is 15.1 Å². The van der Waals surface area contributed by atoms with E-state index >= 15 is 0 Å². The molecule has 0 unspecified atom stereocenters. The number of hydrogen-bond acceptors (Lipinski definition) is 6. The number of aromatic amines is 1. The SMILES string of the molecule is CN1CCN(c2cccc(C(=O)Nc3cccc4n[nH]nc34)n2)CC1. The number of nitrogens with zero attached hydrogens (tertiary/aromatic N) is 5. The summed E-state index contributed by atoms with van der Waals surface area (Å²) in [5, 5.41) is 13.5. The number of para-hydroxylation sites is 1. The zero-order valence-corrected chi connectivity index (χ0v) is 13.9. The van der Waals surface area contributed by atoms with Gasteiger partial charge in [-0.2, -0.15) is 15.4 Å². The van der Waals surface area contributed by atoms with Crippen molar-refractivity contribution >= 4 is 28.4 Å². The zero-order valence-electron chi connectivity index (χ0n) is 13.9. The Balaban J connectivity index is 1.54. The van der Waals surface area contributed by atoms with Crippen LogP contribution in [0.5, 0.6) is 0 Å². The second-order valence-corrected chi connectivity index (χ2v) is 6.12. The third kappa shape index (κ3) is 3.16. The minimum Gasteiger partial charge on any atom is -0.354 e. The third-order valence-corrected chi connectivity index (χ3v) is 4.39. The highest BCUT2D eigenvalue weighted by Crippen LogP contribution is 2.20. The summed E-state index contributed by atoms with van der Waals surface area (Å²) in [7, 11) is 2.11. The van der Waals surface area contributed by atoms with E-state index in [-0.39, 0.29) is 5.91 Å². The molecule has 8 nitrogen and oxygen atoms in total. The largest absolute Gasteiger partial charge is 0.354 e. The van der Waals surface area contributed by atoms with E-state index in [1.165, 1.54) is 0 Å². The van der Waals surface area contributed by atoms with Crippen molar-refractivity contribution in [1.82, 2.24) is 25.3 Å². The molecular formula is C17H19N7O. The van der Waals surface area contributed by atoms with Crippen LogP contribution in [-0.4, -0.2) is 64.4 Å². The average molecular weight is 337 g/mol. The summed E-state index contributed by atoms with van der Waals surface area (Å²) in [5.74, 6) is 0.576. The lowest BCUT2D eigenvalue weighted by Crippen LogP contribution is -2.44. The Labute approximate surface area is 144 Å². The fourth-order valence-corrected chi connectivity index (χ4v) is 2.92. The van der Waals surface area contributed by atoms with Gasteiger partial charge in [0.2, 0.25) is 0 Å². The number of fused-ring (bicyclic) bond motifs is 1. The maximum atomic E-state index is 12.6. The van der Waals surface area contributed by atoms with Crippen molar-refractivity contribution < 1.29 is 4.79 Å². The van der Waals surface area contributed by atoms with Crippen LogP contribution in [0, 0.1) is 0 Å². The smallest absolute Gasteiger partial charge is 0.274 e. The molecule has 2 aromatic heterocycles. The Morgan fingerprint density at radius 2 is 1.88 bits per heavy atom. The normalized spacial score (nSPS) is 15.5. The minimum absolute atomic E-state index is 0.258. The van der Waals surface area contributed by atoms with Crippen LogP contribution in [0.2, 0.25) is 0 Å². The summed E-state index contributed by atoms with van der Waals surface area (Å²) in [4.78, 5) is 21.6. The number of likely N-dealkylation sites (N-methyl/N-ethyl adjacent to an activating group) is 1. The molecule has 128 valence electrons. The summed E-state index contributed by atoms with van der Waals surface area (Å²) in [6.07, 6.45) is 0. The number of anilines is 2. The highest BCUT2D eigenvalue weighted by molar-refractivity contribution is 6.06. The Morgan fingerprint density at radius 3 is 2.72 bits per heavy atom. The first-order valence-electron chi connectivity index (χ1n) is 8.22. The Kier molecular flexibility index (Phi) is 4.02. The molecule has 0 spiro atoms. The molecule has 3 heterocycles. The molecule has 0 bridgehead atoms. The van der Waals surface area contributed by atoms with Gasteiger partial charge in [-0.3, -0.25) is 4.79 Å². The van der Waals surface area contributed by atoms with E-state index in [0.717, 1.165) is 32.0 Å². The predicted molar refractivity (Wildman–Crippen MR) is 95.8 cm³/mol. The molecule has 25 heavy (non-hydrogen) atoms. The van der Waals surface area contributed by atoms with Gasteiger partial charge in [0.25, 0.3) is 5.91 Å². The quantitative estimate of drug-likeness (QED) is 0.750. The van der Waals surface area contributed by atoms with Crippen LogP contribution in [0.4, 0.5) is 11.5 Å². The first kappa shape index (κ1) is 15.5. The van der Waals surface area contributed by atoms with Gasteiger partial charge in [-0.1, -0.05) is 12.1 Å². The molecule has 1 fully saturated rings. The van der Waals surface area contributed by atoms with Crippen molar-refractivity contribution in [2.24, 2.45) is 0 Å². The van der Waals surface area contributed by atoms with E-state index in [1.807, 2.05) is 24.3 Å². The van der Waals surface area contributed by atoms with Crippen LogP contribution in [0.15, 0.2) is 36.4 Å². The van der Waals surface area contributed by atoms with Crippen molar-refractivity contribution in [3.05, 3.63) is 42.1 Å². The second-order valence-electron chi connectivity index (χ2n) is 6.12. The van der Waals surface area contributed by atoms with E-state index in [9.17, 15) is 4.79 Å². The lowest BCUT2D eigenvalue weighted by atomic mass is 10.2. The van der Waals surface area contributed by atoms with Crippen LogP contribution in [0.1, 0.15) is 10.5 Å². The van der Waals surface area contributed by atoms with E-state index in [2.05, 4.69) is 42.6 Å². The number of piperazine rings is 1. The topological polar surface area (TPSA) is 90.0 Å². The summed E-state index contributed by atoms with van der Waals surface area (Å²) < 4.78 is 0. The fourth-order valence-electron chi connectivity index (χ4n) is 2.92. The summed E-state index contributed by atoms with van der Waals surface area (Å²) in [6.45, 7) is 3.80. The van der Waals surface area contributed by atoms with Crippen molar-refractivity contribution in [3.63, 3.8) is 0 Å². The summed E-state index contributed by atoms with van der Waals surface area (Å²) in [5.41, 5.74) is 2.34. The Morgan fingerprint density at radius 1 is 1.08 bits per heavy atom. The number of benzene rings is 1. The fraction of sp³-hybridized carbons (Fsp3) is 0.294. The van der Waals surface area contributed by atoms with Gasteiger partial charge in [-0.05, 0) is 31.3 Å². The molecule has 0 atom stereocenters. The monoisotopic (exact) mass is 337 g/mol. The molecule has 1 aromatic carbocycles. The molecule has 1 saturated heterocycles. The highest BCUT2D eigenvalue weighted by Gasteiger charge is 2.17. The Bertz CT molecular complexity index is 899. The first-order chi connectivity index (χ1) is 12.2. The molecule has 1 aliphatic rings. The third-order valence-electron chi connectivity index (χ3n) is 4.39. The van der Waals surface area contributed by atoms with Gasteiger partial charge in [-0.25, -0.2) is 4.98 Å². The number of rotatable bonds is 3. The zero-order chi connectivity index (χ0) is 17.2. The van der Waals surface area contributed by atoms with Crippen LogP contribution in [0.3, 0.4) is 0 Å². The van der Waals surface area contributed by atoms with Crippen molar-refractivity contribution in [1.29, 1.82) is 0 Å². The lowest BCUT2D eigenvalue weighted by Gasteiger charge is -2.33. The number of amides is 1. The number of carbonyl (C=O) groups is 1. The molecule has 1 aliphatic heterocycles. The Hall–Kier alpha value is -3.00. The molecule has 0 saturated carbocycles. The average Bonchev–Trinajstić information content (AvgIpc) is 3.12. The van der Waals surface area contributed by atoms with Gasteiger partial charge in [0.05, 0.1) is 5.69 Å². The molecule has 3 aromatic rings. The number of carbonyl (C=O) groups excluding carboxylic acids is 1. The second kappa shape index (κ2) is 6.48. The number of H-pyrrole nitrogens is 1. The molecule has 0 aliphatic carbocycles. The van der Waals surface area contributed by atoms with Crippen LogP contribution in [-0.2, 0) is 0 Å². The first-order valence-corrected chi connectivity index (χ1v) is 8.22. The van der Waals surface area contributed by atoms with Gasteiger partial charge in [0, 0.05) is 26.2 Å². The molecular weight excluding hydrogens is 318 g/mol. The van der Waals surface area contributed by atoms with E-state index < -0.39 is 0 Å². The molecule has 4 rings (SSSR count). The maximum Gasteiger partial charge on any atom is 0.274 e. The van der Waals surface area contributed by atoms with Gasteiger partial charge in [0.1, 0.15) is 22.5 Å². The number of nitrogens with one attached hydrogen (secondary N) is 2. The standard InChI is InChI=1S/C17H19N7O/c1-23-8-10-24(11-9-23)15-7-3-6-14(18-15)17(25)19-12-4-2-5-13-16(12)21-22-20-13/h2-7H,8-11H2,1H3,(H,19,25)(H,20,21,22). The maximum absolute atomic E-state index is 12.6. The van der Waals surface area contributed by atoms with E-state index in [0.29, 0.717) is 22.4 Å². The van der Waals surface area contributed by atoms with Crippen molar-refractivity contribution in [2.45, 2.75) is 0 Å². The van der Waals surface area contributed by atoms with Crippen LogP contribution >= 0.6 is 0 Å². The van der Waals surface area contributed by atoms with Crippen molar-refractivity contribution in [3.8, 4) is 0 Å². The van der Waals surface area contributed by atoms with E-state index in [1.54, 1.807) is 12.1 Å². The minimum atomic E-state index is -0.258. The summed E-state index contributed by atoms with van der Waals surface area (Å²) in [6, 6.07) is 11.0. The van der Waals surface area contributed by atoms with Crippen molar-refractivity contribution in [2.75, 3.05) is 43.4 Å². The number of hydrogen-bond donors (Lipinski definition) is 2. The van der Waals surface area contributed by atoms with E-state index in [4.69, 9.17) is 0 Å². The lowest BCUT2D eigenvalue weighted by molar-refractivity contribution is 0.102. The number of pyridine rings is 1. The van der Waals surface area contributed by atoms with Gasteiger partial charge in [0.15, 0.2) is 0 Å². The van der Waals surface area contributed by atoms with Gasteiger partial charge in [-0.15, -0.1) is 0 Å². The summed E-state index contributed by atoms with van der Waals surface area (Å²) >= 11 is 0. The molecule has 1 amide bonds. The van der Waals surface area contributed by atoms with Crippen LogP contribution < -0.4 is 10.2 Å². The molecule has 0 radical (unpaired) electrons. The van der Waals surface area contributed by atoms with Gasteiger partial charge >= 0.3 is 0 Å². The molecule has 2 N–H and O–H groups in total. The van der Waals surface area contributed by atoms with Crippen LogP contribution in [0.25, 0.3) is 11.0 Å².